The summed E-state index contributed by atoms with van der Waals surface area (Å²) in [5, 5.41) is 1.49. The maximum Gasteiger partial charge on any atom is 0.256 e. The number of amides is 1. The van der Waals surface area contributed by atoms with Gasteiger partial charge in [0, 0.05) is 11.4 Å². The van der Waals surface area contributed by atoms with Gasteiger partial charge in [0.2, 0.25) is 0 Å². The van der Waals surface area contributed by atoms with Crippen LogP contribution in [0.5, 0.6) is 5.75 Å². The second-order valence-electron chi connectivity index (χ2n) is 4.00. The van der Waals surface area contributed by atoms with Crippen molar-refractivity contribution >= 4 is 17.7 Å². The van der Waals surface area contributed by atoms with Crippen LogP contribution in [0.4, 0.5) is 0 Å². The maximum absolute atomic E-state index is 11.8. The summed E-state index contributed by atoms with van der Waals surface area (Å²) in [6.07, 6.45) is 2.06. The minimum Gasteiger partial charge on any atom is -0.497 e. The Hall–Kier alpha value is -1.20. The van der Waals surface area contributed by atoms with Crippen molar-refractivity contribution in [2.75, 3.05) is 26.0 Å². The molecule has 0 bridgehead atoms. The number of benzene rings is 1. The summed E-state index contributed by atoms with van der Waals surface area (Å²) in [5.74, 6) is 1.27. The van der Waals surface area contributed by atoms with Crippen LogP contribution in [0.1, 0.15) is 12.8 Å². The lowest BCUT2D eigenvalue weighted by molar-refractivity contribution is -0.194. The van der Waals surface area contributed by atoms with Crippen LogP contribution in [-0.4, -0.2) is 37.0 Å². The second kappa shape index (κ2) is 6.66. The first-order valence-electron chi connectivity index (χ1n) is 6.00. The predicted octanol–water partition coefficient (Wildman–Crippen LogP) is 2.34. The van der Waals surface area contributed by atoms with E-state index in [0.717, 1.165) is 23.5 Å². The average molecular weight is 267 g/mol. The van der Waals surface area contributed by atoms with Crippen LogP contribution in [0.15, 0.2) is 29.2 Å². The number of rotatable bonds is 4. The van der Waals surface area contributed by atoms with Gasteiger partial charge in [-0.2, -0.15) is 0 Å². The van der Waals surface area contributed by atoms with Crippen LogP contribution < -0.4 is 4.74 Å². The molecule has 1 aliphatic heterocycles. The van der Waals surface area contributed by atoms with E-state index in [9.17, 15) is 4.79 Å². The number of hydroxylamine groups is 2. The monoisotopic (exact) mass is 267 g/mol. The van der Waals surface area contributed by atoms with Gasteiger partial charge in [-0.1, -0.05) is 0 Å². The van der Waals surface area contributed by atoms with Gasteiger partial charge in [-0.25, -0.2) is 5.06 Å². The lowest BCUT2D eigenvalue weighted by Crippen LogP contribution is -2.36. The van der Waals surface area contributed by atoms with E-state index in [4.69, 9.17) is 9.57 Å². The van der Waals surface area contributed by atoms with E-state index in [2.05, 4.69) is 0 Å². The molecule has 4 nitrogen and oxygen atoms in total. The molecule has 1 aliphatic rings. The number of hydrogen-bond donors (Lipinski definition) is 0. The van der Waals surface area contributed by atoms with Crippen molar-refractivity contribution in [1.29, 1.82) is 0 Å². The molecule has 98 valence electrons. The van der Waals surface area contributed by atoms with E-state index in [0.29, 0.717) is 18.9 Å². The fourth-order valence-electron chi connectivity index (χ4n) is 1.68. The van der Waals surface area contributed by atoms with Gasteiger partial charge in [-0.3, -0.25) is 9.63 Å². The van der Waals surface area contributed by atoms with Gasteiger partial charge >= 0.3 is 0 Å². The molecule has 5 heteroatoms. The highest BCUT2D eigenvalue weighted by atomic mass is 32.2. The van der Waals surface area contributed by atoms with Crippen LogP contribution in [-0.2, 0) is 9.63 Å². The quantitative estimate of drug-likeness (QED) is 0.785. The molecular weight excluding hydrogens is 250 g/mol. The topological polar surface area (TPSA) is 38.8 Å². The Labute approximate surface area is 111 Å². The van der Waals surface area contributed by atoms with Crippen molar-refractivity contribution in [2.45, 2.75) is 17.7 Å². The van der Waals surface area contributed by atoms with Gasteiger partial charge in [-0.05, 0) is 37.1 Å². The first-order valence-corrected chi connectivity index (χ1v) is 6.98. The van der Waals surface area contributed by atoms with Crippen molar-refractivity contribution in [2.24, 2.45) is 0 Å². The molecule has 1 saturated heterocycles. The molecule has 0 aromatic heterocycles. The van der Waals surface area contributed by atoms with E-state index >= 15 is 0 Å². The smallest absolute Gasteiger partial charge is 0.256 e. The van der Waals surface area contributed by atoms with Crippen LogP contribution >= 0.6 is 11.8 Å². The summed E-state index contributed by atoms with van der Waals surface area (Å²) in [6, 6.07) is 7.69. The Morgan fingerprint density at radius 2 is 2.17 bits per heavy atom. The number of methoxy groups -OCH3 is 1. The van der Waals surface area contributed by atoms with Gasteiger partial charge < -0.3 is 4.74 Å². The van der Waals surface area contributed by atoms with Crippen molar-refractivity contribution in [3.8, 4) is 5.75 Å². The van der Waals surface area contributed by atoms with Gasteiger partial charge in [0.15, 0.2) is 0 Å². The summed E-state index contributed by atoms with van der Waals surface area (Å²) in [5.41, 5.74) is 0. The molecular formula is C13H17NO3S. The molecule has 2 rings (SSSR count). The third-order valence-corrected chi connectivity index (χ3v) is 3.70. The van der Waals surface area contributed by atoms with E-state index < -0.39 is 0 Å². The molecule has 0 atom stereocenters. The lowest BCUT2D eigenvalue weighted by atomic mass is 10.3. The summed E-state index contributed by atoms with van der Waals surface area (Å²) >= 11 is 1.51. The second-order valence-corrected chi connectivity index (χ2v) is 5.05. The zero-order valence-electron chi connectivity index (χ0n) is 10.4. The number of carbonyl (C=O) groups is 1. The molecule has 0 unspecified atom stereocenters. The zero-order chi connectivity index (χ0) is 12.8. The van der Waals surface area contributed by atoms with E-state index in [1.807, 2.05) is 24.3 Å². The SMILES string of the molecule is COc1ccc(SCC(=O)N2CCCCO2)cc1. The summed E-state index contributed by atoms with van der Waals surface area (Å²) in [7, 11) is 1.64. The number of nitrogens with zero attached hydrogens (tertiary/aromatic N) is 1. The molecule has 1 aromatic rings. The molecule has 1 amide bonds. The first-order chi connectivity index (χ1) is 8.79. The average Bonchev–Trinajstić information content (AvgIpc) is 2.46. The highest BCUT2D eigenvalue weighted by molar-refractivity contribution is 8.00. The fourth-order valence-corrected chi connectivity index (χ4v) is 2.45. The zero-order valence-corrected chi connectivity index (χ0v) is 11.2. The standard InChI is InChI=1S/C13H17NO3S/c1-16-11-4-6-12(7-5-11)18-10-13(15)14-8-2-3-9-17-14/h4-7H,2-3,8-10H2,1H3. The Morgan fingerprint density at radius 1 is 1.39 bits per heavy atom. The van der Waals surface area contributed by atoms with Gasteiger partial charge in [0.25, 0.3) is 5.91 Å². The van der Waals surface area contributed by atoms with Crippen LogP contribution in [0.2, 0.25) is 0 Å². The minimum atomic E-state index is 0.0375. The van der Waals surface area contributed by atoms with Crippen LogP contribution in [0.3, 0.4) is 0 Å². The minimum absolute atomic E-state index is 0.0375. The van der Waals surface area contributed by atoms with E-state index in [-0.39, 0.29) is 5.91 Å². The molecule has 1 fully saturated rings. The maximum atomic E-state index is 11.8. The largest absolute Gasteiger partial charge is 0.497 e. The molecule has 0 N–H and O–H groups in total. The van der Waals surface area contributed by atoms with Gasteiger partial charge in [0.05, 0.1) is 19.5 Å². The molecule has 0 saturated carbocycles. The molecule has 18 heavy (non-hydrogen) atoms. The Morgan fingerprint density at radius 3 is 2.78 bits per heavy atom. The number of ether oxygens (including phenoxy) is 1. The highest BCUT2D eigenvalue weighted by Crippen LogP contribution is 2.22. The van der Waals surface area contributed by atoms with Gasteiger partial charge in [-0.15, -0.1) is 11.8 Å². The summed E-state index contributed by atoms with van der Waals surface area (Å²) in [4.78, 5) is 18.2. The highest BCUT2D eigenvalue weighted by Gasteiger charge is 2.17. The fraction of sp³-hybridized carbons (Fsp3) is 0.462. The number of hydrogen-bond acceptors (Lipinski definition) is 4. The summed E-state index contributed by atoms with van der Waals surface area (Å²) < 4.78 is 5.09. The molecule has 1 heterocycles. The molecule has 0 radical (unpaired) electrons. The molecule has 0 aliphatic carbocycles. The van der Waals surface area contributed by atoms with Crippen LogP contribution in [0, 0.1) is 0 Å². The Balaban J connectivity index is 1.80. The van der Waals surface area contributed by atoms with E-state index in [1.165, 1.54) is 16.8 Å². The lowest BCUT2D eigenvalue weighted by Gasteiger charge is -2.25. The number of thioether (sulfide) groups is 1. The van der Waals surface area contributed by atoms with E-state index in [1.54, 1.807) is 7.11 Å². The van der Waals surface area contributed by atoms with Crippen LogP contribution in [0.25, 0.3) is 0 Å². The Bertz CT molecular complexity index is 388. The number of carbonyl (C=O) groups excluding carboxylic acids is 1. The van der Waals surface area contributed by atoms with Crippen molar-refractivity contribution in [3.05, 3.63) is 24.3 Å². The van der Waals surface area contributed by atoms with Crippen molar-refractivity contribution in [1.82, 2.24) is 5.06 Å². The third kappa shape index (κ3) is 3.65. The molecule has 1 aromatic carbocycles. The molecule has 0 spiro atoms. The van der Waals surface area contributed by atoms with Crippen molar-refractivity contribution in [3.63, 3.8) is 0 Å². The van der Waals surface area contributed by atoms with Crippen molar-refractivity contribution < 1.29 is 14.4 Å². The van der Waals surface area contributed by atoms with Gasteiger partial charge in [0.1, 0.15) is 5.75 Å². The third-order valence-electron chi connectivity index (χ3n) is 2.70. The first kappa shape index (κ1) is 13.2. The predicted molar refractivity (Wildman–Crippen MR) is 70.6 cm³/mol. The summed E-state index contributed by atoms with van der Waals surface area (Å²) in [6.45, 7) is 1.36. The Kier molecular flexibility index (Phi) is 4.90. The normalized spacial score (nSPS) is 15.5.